The molecule has 0 amide bonds. The van der Waals surface area contributed by atoms with E-state index in [0.29, 0.717) is 18.4 Å². The summed E-state index contributed by atoms with van der Waals surface area (Å²) in [6.07, 6.45) is 28.3. The Morgan fingerprint density at radius 2 is 0.761 bits per heavy atom. The Hall–Kier alpha value is -3.45. The SMILES string of the molecule is C/C=C(/C)CC/C=C(/C)CC/C=C(/C)CC/C=C(/C)CC/C=C(/C)CC/C=C(/C)CC/C=C(/C)CC/C=C(/C)CC/C=C(\C)CC/C=C(\C)CC/C=C(\C)COP(=O)([O-])OP(=O)([O-])O[C@H]1O[C@H](CO)[C@@H](O)[C@H](O[C@@H]2O[C@@H](C)[C@@H](O)[C@@H](OC(C)=O)[C@@H]2O)[C@H]1O. The molecule has 19 heteroatoms. The van der Waals surface area contributed by atoms with Crippen LogP contribution in [0.3, 0.4) is 0 Å². The molecule has 0 aromatic rings. The van der Waals surface area contributed by atoms with E-state index in [1.54, 1.807) is 13.0 Å². The first kappa shape index (κ1) is 80.6. The van der Waals surface area contributed by atoms with Gasteiger partial charge in [0, 0.05) is 6.92 Å². The van der Waals surface area contributed by atoms with E-state index < -0.39 is 96.2 Å². The Balaban J connectivity index is 1.67. The van der Waals surface area contributed by atoms with Gasteiger partial charge in [0.15, 0.2) is 18.7 Å². The zero-order valence-electron chi connectivity index (χ0n) is 55.7. The standard InChI is InChI=1S/C69H114O17P2/c1-15-48(2)26-16-27-49(3)28-17-29-50(4)30-18-31-51(5)32-19-33-52(6)34-20-35-53(7)36-21-37-54(8)38-22-39-55(9)40-23-41-56(10)42-24-43-57(11)44-25-45-58(12)47-80-87(76,77)86-88(78,79)85-69-65(75)67(63(73)61(46-70)83-69)84-68-64(74)66(82-60(14)71)62(72)59(13)81-68/h15,27,29,31,33,35,37,39,41,43,45,59,61-70,72-75H,16-26,28,30,32,34,36,38,40,42,44,46-47H2,1-14H3,(H,76,77)(H,78,79)/p-2/b48-15-,49-27-,50-29-,51-31-,52-33-,53-35-,54-37-,55-39-,56-41+,57-43+,58-45+/t59-,61+,62+,63+,64-,65+,66+,67-,68-,69+/m0/s1. The zero-order chi connectivity index (χ0) is 66.0. The molecule has 2 rings (SSSR count). The number of carbonyl (C=O) groups is 1. The first-order chi connectivity index (χ1) is 41.5. The summed E-state index contributed by atoms with van der Waals surface area (Å²) in [5, 5.41) is 52.7. The molecule has 502 valence electrons. The number of carbonyl (C=O) groups excluding carboxylic acids is 1. The second kappa shape index (κ2) is 43.4. The van der Waals surface area contributed by atoms with Gasteiger partial charge in [-0.15, -0.1) is 0 Å². The Kier molecular flexibility index (Phi) is 39.8. The largest absolute Gasteiger partial charge is 0.756 e. The van der Waals surface area contributed by atoms with Gasteiger partial charge in [-0.3, -0.25) is 18.4 Å². The molecule has 2 aliphatic rings. The molecular formula is C69H112O17P2-2. The lowest BCUT2D eigenvalue weighted by molar-refractivity contribution is -0.355. The Morgan fingerprint density at radius 3 is 1.08 bits per heavy atom. The van der Waals surface area contributed by atoms with Crippen molar-refractivity contribution >= 4 is 21.6 Å². The predicted molar refractivity (Wildman–Crippen MR) is 347 cm³/mol. The van der Waals surface area contributed by atoms with Crippen LogP contribution >= 0.6 is 15.6 Å². The molecule has 2 fully saturated rings. The molecule has 0 aromatic carbocycles. The van der Waals surface area contributed by atoms with Gasteiger partial charge in [0.25, 0.3) is 15.6 Å². The van der Waals surface area contributed by atoms with E-state index >= 15 is 0 Å². The molecule has 0 saturated carbocycles. The number of phosphoric acid groups is 2. The molecule has 2 unspecified atom stereocenters. The Labute approximate surface area is 529 Å². The van der Waals surface area contributed by atoms with Crippen LogP contribution in [0.4, 0.5) is 0 Å². The normalized spacial score (nSPS) is 26.1. The summed E-state index contributed by atoms with van der Waals surface area (Å²) < 4.78 is 60.3. The molecule has 88 heavy (non-hydrogen) atoms. The van der Waals surface area contributed by atoms with Crippen LogP contribution in [-0.4, -0.2) is 106 Å². The third-order valence-corrected chi connectivity index (χ3v) is 18.4. The van der Waals surface area contributed by atoms with Crippen molar-refractivity contribution in [2.45, 2.75) is 287 Å². The smallest absolute Gasteiger partial charge is 0.303 e. The fourth-order valence-electron chi connectivity index (χ4n) is 9.95. The highest BCUT2D eigenvalue weighted by molar-refractivity contribution is 7.59. The Morgan fingerprint density at radius 1 is 0.443 bits per heavy atom. The van der Waals surface area contributed by atoms with Crippen LogP contribution in [0.15, 0.2) is 128 Å². The summed E-state index contributed by atoms with van der Waals surface area (Å²) in [5.41, 5.74) is 14.7. The number of hydrogen-bond donors (Lipinski definition) is 5. The maximum absolute atomic E-state index is 12.8. The summed E-state index contributed by atoms with van der Waals surface area (Å²) in [5.74, 6) is -0.855. The van der Waals surface area contributed by atoms with Gasteiger partial charge in [-0.25, -0.2) is 4.31 Å². The van der Waals surface area contributed by atoms with Gasteiger partial charge >= 0.3 is 5.97 Å². The summed E-state index contributed by atoms with van der Waals surface area (Å²) in [7, 11) is -11.5. The average molecular weight is 1280 g/mol. The highest BCUT2D eigenvalue weighted by Crippen LogP contribution is 2.57. The van der Waals surface area contributed by atoms with Gasteiger partial charge in [-0.2, -0.15) is 0 Å². The van der Waals surface area contributed by atoms with Crippen LogP contribution in [0, 0.1) is 0 Å². The molecule has 2 heterocycles. The molecule has 5 N–H and O–H groups in total. The van der Waals surface area contributed by atoms with Crippen LogP contribution in [0.25, 0.3) is 0 Å². The van der Waals surface area contributed by atoms with Crippen molar-refractivity contribution in [1.82, 2.24) is 0 Å². The predicted octanol–water partition coefficient (Wildman–Crippen LogP) is 14.4. The number of phosphoric ester groups is 2. The molecule has 0 spiro atoms. The van der Waals surface area contributed by atoms with E-state index in [1.165, 1.54) is 57.1 Å². The topological polar surface area (TPSA) is 263 Å². The second-order valence-corrected chi connectivity index (χ2v) is 27.4. The minimum absolute atomic E-state index is 0.476. The molecule has 0 radical (unpaired) electrons. The van der Waals surface area contributed by atoms with Gasteiger partial charge in [0.05, 0.1) is 19.3 Å². The fraction of sp³-hybridized carbons (Fsp3) is 0.667. The van der Waals surface area contributed by atoms with Crippen molar-refractivity contribution in [3.05, 3.63) is 128 Å². The van der Waals surface area contributed by atoms with Gasteiger partial charge in [-0.1, -0.05) is 128 Å². The summed E-state index contributed by atoms with van der Waals surface area (Å²) in [4.78, 5) is 37.0. The van der Waals surface area contributed by atoms with Crippen LogP contribution in [-0.2, 0) is 46.2 Å². The molecule has 2 aliphatic heterocycles. The molecule has 17 nitrogen and oxygen atoms in total. The molecule has 0 bridgehead atoms. The molecule has 2 saturated heterocycles. The lowest BCUT2D eigenvalue weighted by Gasteiger charge is -2.46. The molecular weight excluding hydrogens is 1160 g/mol. The molecule has 0 aliphatic carbocycles. The van der Waals surface area contributed by atoms with E-state index in [4.69, 9.17) is 28.0 Å². The number of hydrogen-bond acceptors (Lipinski definition) is 17. The van der Waals surface area contributed by atoms with E-state index in [2.05, 4.69) is 134 Å². The summed E-state index contributed by atoms with van der Waals surface area (Å²) in [6.45, 7) is 26.8. The second-order valence-electron chi connectivity index (χ2n) is 24.5. The maximum Gasteiger partial charge on any atom is 0.303 e. The van der Waals surface area contributed by atoms with E-state index in [-0.39, 0.29) is 0 Å². The number of aliphatic hydroxyl groups excluding tert-OH is 5. The van der Waals surface area contributed by atoms with Gasteiger partial charge in [-0.05, 0) is 218 Å². The summed E-state index contributed by atoms with van der Waals surface area (Å²) >= 11 is 0. The van der Waals surface area contributed by atoms with Gasteiger partial charge < -0.3 is 58.8 Å². The third-order valence-electron chi connectivity index (χ3n) is 15.9. The first-order valence-corrected chi connectivity index (χ1v) is 34.7. The lowest BCUT2D eigenvalue weighted by Crippen LogP contribution is -2.64. The van der Waals surface area contributed by atoms with Crippen molar-refractivity contribution in [2.75, 3.05) is 13.2 Å². The average Bonchev–Trinajstić information content (AvgIpc) is 2.72. The highest BCUT2D eigenvalue weighted by atomic mass is 31.3. The van der Waals surface area contributed by atoms with E-state index in [1.807, 2.05) is 6.92 Å². The van der Waals surface area contributed by atoms with Crippen molar-refractivity contribution in [3.63, 3.8) is 0 Å². The number of rotatable bonds is 41. The van der Waals surface area contributed by atoms with Gasteiger partial charge in [0.1, 0.15) is 36.6 Å². The fourth-order valence-corrected chi connectivity index (χ4v) is 12.1. The van der Waals surface area contributed by atoms with E-state index in [9.17, 15) is 49.2 Å². The van der Waals surface area contributed by atoms with Gasteiger partial charge in [0.2, 0.25) is 0 Å². The quantitative estimate of drug-likeness (QED) is 0.0216. The monoisotopic (exact) mass is 1270 g/mol. The number of esters is 1. The minimum atomic E-state index is -5.92. The molecule has 0 aromatic heterocycles. The number of aliphatic hydroxyl groups is 5. The van der Waals surface area contributed by atoms with Crippen LogP contribution in [0.1, 0.15) is 225 Å². The zero-order valence-corrected chi connectivity index (χ0v) is 57.5. The number of ether oxygens (including phenoxy) is 4. The first-order valence-electron chi connectivity index (χ1n) is 31.8. The maximum atomic E-state index is 12.8. The van der Waals surface area contributed by atoms with Crippen molar-refractivity contribution in [3.8, 4) is 0 Å². The number of allylic oxidation sites excluding steroid dienone is 21. The minimum Gasteiger partial charge on any atom is -0.756 e. The third kappa shape index (κ3) is 34.8. The van der Waals surface area contributed by atoms with Crippen molar-refractivity contribution < 1.29 is 81.5 Å². The van der Waals surface area contributed by atoms with E-state index in [0.717, 1.165) is 128 Å². The Bertz CT molecular complexity index is 2570. The van der Waals surface area contributed by atoms with Crippen LogP contribution < -0.4 is 9.79 Å². The van der Waals surface area contributed by atoms with Crippen LogP contribution in [0.5, 0.6) is 0 Å². The lowest BCUT2D eigenvalue weighted by atomic mass is 9.97. The van der Waals surface area contributed by atoms with Crippen molar-refractivity contribution in [2.24, 2.45) is 0 Å². The summed E-state index contributed by atoms with van der Waals surface area (Å²) in [6, 6.07) is 0. The highest BCUT2D eigenvalue weighted by Gasteiger charge is 2.52. The van der Waals surface area contributed by atoms with Crippen LogP contribution in [0.2, 0.25) is 0 Å². The molecule has 12 atom stereocenters. The van der Waals surface area contributed by atoms with Crippen molar-refractivity contribution in [1.29, 1.82) is 0 Å².